The van der Waals surface area contributed by atoms with Gasteiger partial charge in [0.1, 0.15) is 0 Å². The lowest BCUT2D eigenvalue weighted by Gasteiger charge is -2.10. The van der Waals surface area contributed by atoms with E-state index in [0.29, 0.717) is 12.0 Å². The molecule has 1 aromatic rings. The first-order valence-electron chi connectivity index (χ1n) is 4.87. The van der Waals surface area contributed by atoms with Crippen LogP contribution in [0.25, 0.3) is 0 Å². The Morgan fingerprint density at radius 2 is 2.12 bits per heavy atom. The Kier molecular flexibility index (Phi) is 3.73. The van der Waals surface area contributed by atoms with E-state index in [2.05, 4.69) is 0 Å². The van der Waals surface area contributed by atoms with Crippen LogP contribution in [0.15, 0.2) is 12.1 Å². The molecule has 0 N–H and O–H groups in total. The number of Topliss-reactive ketones (excluding diaryl/α,β-unsaturated/α-hetero) is 1. The van der Waals surface area contributed by atoms with Crippen LogP contribution >= 0.6 is 0 Å². The number of carbonyl (C=O) groups is 1. The maximum Gasteiger partial charge on any atom is 0.263 e. The molecule has 0 aliphatic heterocycles. The van der Waals surface area contributed by atoms with Crippen molar-refractivity contribution in [1.82, 2.24) is 0 Å². The molecule has 0 aliphatic rings. The Morgan fingerprint density at radius 1 is 1.50 bits per heavy atom. The lowest BCUT2D eigenvalue weighted by molar-refractivity contribution is 0.101. The third kappa shape index (κ3) is 2.25. The first-order valence-corrected chi connectivity index (χ1v) is 4.87. The summed E-state index contributed by atoms with van der Waals surface area (Å²) in [7, 11) is 0. The number of hydrogen-bond donors (Lipinski definition) is 0. The largest absolute Gasteiger partial charge is 0.295 e. The first-order chi connectivity index (χ1) is 7.51. The number of halogens is 2. The Balaban J connectivity index is 3.51. The van der Waals surface area contributed by atoms with Crippen LogP contribution in [0.5, 0.6) is 0 Å². The van der Waals surface area contributed by atoms with Crippen molar-refractivity contribution in [2.75, 3.05) is 0 Å². The highest BCUT2D eigenvalue weighted by atomic mass is 19.3. The van der Waals surface area contributed by atoms with E-state index >= 15 is 0 Å². The van der Waals surface area contributed by atoms with Crippen molar-refractivity contribution in [3.05, 3.63) is 34.4 Å². The van der Waals surface area contributed by atoms with E-state index < -0.39 is 6.43 Å². The minimum Gasteiger partial charge on any atom is -0.295 e. The molecule has 0 aromatic heterocycles. The van der Waals surface area contributed by atoms with Gasteiger partial charge in [-0.05, 0) is 31.0 Å². The van der Waals surface area contributed by atoms with Crippen LogP contribution in [-0.4, -0.2) is 5.78 Å². The Labute approximate surface area is 92.5 Å². The van der Waals surface area contributed by atoms with Gasteiger partial charge in [0.15, 0.2) is 5.78 Å². The van der Waals surface area contributed by atoms with Gasteiger partial charge in [-0.2, -0.15) is 5.26 Å². The molecule has 16 heavy (non-hydrogen) atoms. The van der Waals surface area contributed by atoms with Crippen molar-refractivity contribution in [2.45, 2.75) is 26.7 Å². The Bertz CT molecular complexity index is 461. The lowest BCUT2D eigenvalue weighted by atomic mass is 9.94. The molecule has 0 saturated heterocycles. The standard InChI is InChI=1S/C12H11F2NO/c1-3-10-9(6-15)4-8(12(13)14)5-11(10)7(2)16/h4-5,12H,3H2,1-2H3. The number of nitriles is 1. The van der Waals surface area contributed by atoms with E-state index in [4.69, 9.17) is 5.26 Å². The molecule has 0 aliphatic carbocycles. The van der Waals surface area contributed by atoms with Gasteiger partial charge >= 0.3 is 0 Å². The van der Waals surface area contributed by atoms with E-state index in [0.717, 1.165) is 6.07 Å². The van der Waals surface area contributed by atoms with E-state index in [1.165, 1.54) is 13.0 Å². The molecule has 0 unspecified atom stereocenters. The van der Waals surface area contributed by atoms with Gasteiger partial charge in [-0.15, -0.1) is 0 Å². The zero-order valence-electron chi connectivity index (χ0n) is 9.05. The summed E-state index contributed by atoms with van der Waals surface area (Å²) in [6.07, 6.45) is -2.20. The van der Waals surface area contributed by atoms with Gasteiger partial charge in [0.05, 0.1) is 11.6 Å². The molecule has 1 aromatic carbocycles. The van der Waals surface area contributed by atoms with Crippen molar-refractivity contribution in [2.24, 2.45) is 0 Å². The van der Waals surface area contributed by atoms with Crippen molar-refractivity contribution in [1.29, 1.82) is 5.26 Å². The van der Waals surface area contributed by atoms with Crippen LogP contribution in [0.1, 0.15) is 47.3 Å². The maximum absolute atomic E-state index is 12.5. The molecular weight excluding hydrogens is 212 g/mol. The number of rotatable bonds is 3. The minimum absolute atomic E-state index is 0.158. The predicted molar refractivity (Wildman–Crippen MR) is 55.5 cm³/mol. The summed E-state index contributed by atoms with van der Waals surface area (Å²) >= 11 is 0. The molecule has 84 valence electrons. The third-order valence-corrected chi connectivity index (χ3v) is 2.38. The van der Waals surface area contributed by atoms with Gasteiger partial charge in [-0.1, -0.05) is 6.92 Å². The number of carbonyl (C=O) groups excluding carboxylic acids is 1. The van der Waals surface area contributed by atoms with Gasteiger partial charge in [-0.25, -0.2) is 8.78 Å². The minimum atomic E-state index is -2.67. The van der Waals surface area contributed by atoms with Crippen LogP contribution in [0.2, 0.25) is 0 Å². The van der Waals surface area contributed by atoms with Crippen molar-refractivity contribution < 1.29 is 13.6 Å². The number of hydrogen-bond acceptors (Lipinski definition) is 2. The first kappa shape index (κ1) is 12.3. The molecule has 4 heteroatoms. The summed E-state index contributed by atoms with van der Waals surface area (Å²) in [5.41, 5.74) is 0.640. The fraction of sp³-hybridized carbons (Fsp3) is 0.333. The lowest BCUT2D eigenvalue weighted by Crippen LogP contribution is -2.04. The SMILES string of the molecule is CCc1c(C#N)cc(C(F)F)cc1C(C)=O. The maximum atomic E-state index is 12.5. The van der Waals surface area contributed by atoms with Gasteiger partial charge < -0.3 is 0 Å². The molecule has 1 rings (SSSR count). The van der Waals surface area contributed by atoms with Crippen molar-refractivity contribution in [3.8, 4) is 6.07 Å². The molecule has 0 fully saturated rings. The highest BCUT2D eigenvalue weighted by Crippen LogP contribution is 2.25. The predicted octanol–water partition coefficient (Wildman–Crippen LogP) is 3.26. The summed E-state index contributed by atoms with van der Waals surface area (Å²) in [6.45, 7) is 3.09. The summed E-state index contributed by atoms with van der Waals surface area (Å²) in [5.74, 6) is -0.296. The molecule has 0 bridgehead atoms. The second kappa shape index (κ2) is 4.84. The second-order valence-electron chi connectivity index (χ2n) is 3.42. The van der Waals surface area contributed by atoms with Crippen molar-refractivity contribution in [3.63, 3.8) is 0 Å². The zero-order valence-corrected chi connectivity index (χ0v) is 9.05. The number of nitrogens with zero attached hydrogens (tertiary/aromatic N) is 1. The number of ketones is 1. The quantitative estimate of drug-likeness (QED) is 0.738. The molecule has 2 nitrogen and oxygen atoms in total. The van der Waals surface area contributed by atoms with Gasteiger partial charge in [0.2, 0.25) is 0 Å². The number of alkyl halides is 2. The van der Waals surface area contributed by atoms with E-state index in [1.54, 1.807) is 6.92 Å². The molecule has 0 amide bonds. The fourth-order valence-electron chi connectivity index (χ4n) is 1.62. The van der Waals surface area contributed by atoms with Gasteiger partial charge in [-0.3, -0.25) is 4.79 Å². The highest BCUT2D eigenvalue weighted by Gasteiger charge is 2.16. The van der Waals surface area contributed by atoms with E-state index in [1.807, 2.05) is 6.07 Å². The summed E-state index contributed by atoms with van der Waals surface area (Å²) in [6, 6.07) is 4.17. The smallest absolute Gasteiger partial charge is 0.263 e. The molecule has 0 atom stereocenters. The Hall–Kier alpha value is -1.76. The Morgan fingerprint density at radius 3 is 2.50 bits per heavy atom. The monoisotopic (exact) mass is 223 g/mol. The summed E-state index contributed by atoms with van der Waals surface area (Å²) < 4.78 is 25.1. The van der Waals surface area contributed by atoms with Gasteiger partial charge in [0, 0.05) is 11.1 Å². The third-order valence-electron chi connectivity index (χ3n) is 2.38. The average molecular weight is 223 g/mol. The number of benzene rings is 1. The highest BCUT2D eigenvalue weighted by molar-refractivity contribution is 5.96. The molecule has 0 radical (unpaired) electrons. The van der Waals surface area contributed by atoms with Crippen LogP contribution in [0.3, 0.4) is 0 Å². The zero-order chi connectivity index (χ0) is 12.3. The van der Waals surface area contributed by atoms with Crippen LogP contribution in [0, 0.1) is 11.3 Å². The van der Waals surface area contributed by atoms with Crippen LogP contribution in [0.4, 0.5) is 8.78 Å². The summed E-state index contributed by atoms with van der Waals surface area (Å²) in [4.78, 5) is 11.3. The molecule has 0 spiro atoms. The van der Waals surface area contributed by atoms with Crippen LogP contribution < -0.4 is 0 Å². The van der Waals surface area contributed by atoms with E-state index in [9.17, 15) is 13.6 Å². The van der Waals surface area contributed by atoms with E-state index in [-0.39, 0.29) is 22.5 Å². The average Bonchev–Trinajstić information content (AvgIpc) is 2.26. The fourth-order valence-corrected chi connectivity index (χ4v) is 1.62. The normalized spacial score (nSPS) is 10.2. The molecule has 0 saturated carbocycles. The van der Waals surface area contributed by atoms with Gasteiger partial charge in [0.25, 0.3) is 6.43 Å². The van der Waals surface area contributed by atoms with Crippen molar-refractivity contribution >= 4 is 5.78 Å². The second-order valence-corrected chi connectivity index (χ2v) is 3.42. The topological polar surface area (TPSA) is 40.9 Å². The molecular formula is C12H11F2NO. The van der Waals surface area contributed by atoms with Crippen LogP contribution in [-0.2, 0) is 6.42 Å². The summed E-state index contributed by atoms with van der Waals surface area (Å²) in [5, 5.41) is 8.86. The molecule has 0 heterocycles.